The van der Waals surface area contributed by atoms with Gasteiger partial charge in [0.1, 0.15) is 10.6 Å². The molecule has 4 rings (SSSR count). The monoisotopic (exact) mass is 350 g/mol. The van der Waals surface area contributed by atoms with E-state index in [9.17, 15) is 13.2 Å². The van der Waals surface area contributed by atoms with Gasteiger partial charge in [-0.1, -0.05) is 12.1 Å². The van der Waals surface area contributed by atoms with Gasteiger partial charge < -0.3 is 10.6 Å². The van der Waals surface area contributed by atoms with E-state index in [0.29, 0.717) is 49.1 Å². The highest BCUT2D eigenvalue weighted by Gasteiger charge is 2.43. The number of nitrogens with one attached hydrogen (secondary N) is 3. The molecule has 2 fully saturated rings. The minimum Gasteiger partial charge on any atom is -0.365 e. The van der Waals surface area contributed by atoms with Gasteiger partial charge in [0, 0.05) is 19.1 Å². The number of carbonyl (C=O) groups excluding carboxylic acids is 1. The summed E-state index contributed by atoms with van der Waals surface area (Å²) in [6.07, 6.45) is 3.41. The number of sulfonamides is 1. The highest BCUT2D eigenvalue weighted by Crippen LogP contribution is 2.34. The Morgan fingerprint density at radius 3 is 2.67 bits per heavy atom. The molecule has 1 amide bonds. The number of nitrogens with zero attached hydrogens (tertiary/aromatic N) is 1. The lowest BCUT2D eigenvalue weighted by Crippen LogP contribution is -2.62. The van der Waals surface area contributed by atoms with Gasteiger partial charge in [-0.2, -0.15) is 4.72 Å². The molecule has 1 aromatic rings. The number of para-hydroxylation sites is 1. The maximum atomic E-state index is 12.5. The fraction of sp³-hybridized carbons (Fsp3) is 0.562. The Hall–Kier alpha value is -1.64. The number of hydrogen-bond acceptors (Lipinski definition) is 5. The molecule has 0 unspecified atom stereocenters. The quantitative estimate of drug-likeness (QED) is 0.737. The smallest absolute Gasteiger partial charge is 0.244 e. The number of likely N-dealkylation sites (tertiary alicyclic amines) is 1. The van der Waals surface area contributed by atoms with E-state index in [1.54, 1.807) is 18.2 Å². The van der Waals surface area contributed by atoms with E-state index in [0.717, 1.165) is 12.8 Å². The number of fused-ring (bicyclic) bond motifs is 1. The fourth-order valence-electron chi connectivity index (χ4n) is 3.42. The number of benzene rings is 1. The van der Waals surface area contributed by atoms with Crippen molar-refractivity contribution in [2.24, 2.45) is 0 Å². The zero-order chi connectivity index (χ0) is 16.8. The molecule has 8 heteroatoms. The second-order valence-corrected chi connectivity index (χ2v) is 8.58. The number of rotatable bonds is 3. The Balaban J connectivity index is 1.42. The third kappa shape index (κ3) is 3.13. The summed E-state index contributed by atoms with van der Waals surface area (Å²) in [5.74, 6) is 0.0657. The van der Waals surface area contributed by atoms with Gasteiger partial charge in [-0.3, -0.25) is 9.69 Å². The van der Waals surface area contributed by atoms with Gasteiger partial charge in [0.05, 0.1) is 12.2 Å². The Morgan fingerprint density at radius 2 is 1.96 bits per heavy atom. The van der Waals surface area contributed by atoms with Crippen LogP contribution in [0.1, 0.15) is 25.7 Å². The first kappa shape index (κ1) is 15.9. The molecule has 0 bridgehead atoms. The average Bonchev–Trinajstić information content (AvgIpc) is 3.33. The minimum atomic E-state index is -3.51. The summed E-state index contributed by atoms with van der Waals surface area (Å²) in [6.45, 7) is 1.74. The molecular weight excluding hydrogens is 328 g/mol. The lowest BCUT2D eigenvalue weighted by atomic mass is 9.97. The summed E-state index contributed by atoms with van der Waals surface area (Å²) < 4.78 is 27.8. The number of carbonyl (C=O) groups is 1. The van der Waals surface area contributed by atoms with Crippen molar-refractivity contribution in [2.45, 2.75) is 42.3 Å². The van der Waals surface area contributed by atoms with Crippen molar-refractivity contribution in [3.8, 4) is 0 Å². The molecule has 1 saturated carbocycles. The van der Waals surface area contributed by atoms with E-state index in [4.69, 9.17) is 0 Å². The Kier molecular flexibility index (Phi) is 3.78. The third-order valence-electron chi connectivity index (χ3n) is 4.90. The molecule has 0 radical (unpaired) electrons. The van der Waals surface area contributed by atoms with Crippen molar-refractivity contribution in [3.05, 3.63) is 24.3 Å². The second-order valence-electron chi connectivity index (χ2n) is 6.93. The number of hydrogen-bond donors (Lipinski definition) is 3. The van der Waals surface area contributed by atoms with Gasteiger partial charge in [-0.05, 0) is 37.8 Å². The predicted octanol–water partition coefficient (Wildman–Crippen LogP) is 0.461. The van der Waals surface area contributed by atoms with E-state index in [1.807, 2.05) is 6.07 Å². The van der Waals surface area contributed by atoms with Crippen LogP contribution in [0.5, 0.6) is 0 Å². The summed E-state index contributed by atoms with van der Waals surface area (Å²) in [6, 6.07) is 7.33. The largest absolute Gasteiger partial charge is 0.365 e. The summed E-state index contributed by atoms with van der Waals surface area (Å²) in [4.78, 5) is 14.3. The molecule has 3 aliphatic rings. The second kappa shape index (κ2) is 5.72. The van der Waals surface area contributed by atoms with E-state index in [-0.39, 0.29) is 5.91 Å². The lowest BCUT2D eigenvalue weighted by molar-refractivity contribution is -0.122. The molecule has 0 atom stereocenters. The Morgan fingerprint density at radius 1 is 1.25 bits per heavy atom. The fourth-order valence-corrected chi connectivity index (χ4v) is 4.97. The molecule has 1 aromatic carbocycles. The molecule has 2 heterocycles. The molecule has 2 aliphatic heterocycles. The maximum absolute atomic E-state index is 12.5. The zero-order valence-electron chi connectivity index (χ0n) is 13.4. The summed E-state index contributed by atoms with van der Waals surface area (Å²) in [5, 5.41) is 6.36. The van der Waals surface area contributed by atoms with Gasteiger partial charge in [0.15, 0.2) is 0 Å². The first-order chi connectivity index (χ1) is 11.5. The molecule has 1 saturated heterocycles. The Labute approximate surface area is 141 Å². The van der Waals surface area contributed by atoms with Gasteiger partial charge in [-0.15, -0.1) is 0 Å². The normalized spacial score (nSPS) is 24.8. The number of anilines is 1. The van der Waals surface area contributed by atoms with E-state index < -0.39 is 15.7 Å². The molecule has 130 valence electrons. The standard InChI is InChI=1S/C16H22N4O3S/c21-15(17-12-5-6-12)11-20-9-7-16(8-10-20)18-13-3-1-2-4-14(13)24(22,23)19-16/h1-4,12,18-19H,5-11H2,(H,17,21). The summed E-state index contributed by atoms with van der Waals surface area (Å²) in [5.41, 5.74) is -0.00686. The third-order valence-corrected chi connectivity index (χ3v) is 6.49. The minimum absolute atomic E-state index is 0.0657. The van der Waals surface area contributed by atoms with E-state index in [1.165, 1.54) is 0 Å². The molecule has 7 nitrogen and oxygen atoms in total. The van der Waals surface area contributed by atoms with Crippen molar-refractivity contribution in [3.63, 3.8) is 0 Å². The van der Waals surface area contributed by atoms with Crippen LogP contribution >= 0.6 is 0 Å². The SMILES string of the molecule is O=C(CN1CCC2(CC1)Nc1ccccc1S(=O)(=O)N2)NC1CC1. The summed E-state index contributed by atoms with van der Waals surface area (Å²) >= 11 is 0. The van der Waals surface area contributed by atoms with E-state index in [2.05, 4.69) is 20.3 Å². The van der Waals surface area contributed by atoms with Crippen LogP contribution in [0.3, 0.4) is 0 Å². The molecule has 3 N–H and O–H groups in total. The van der Waals surface area contributed by atoms with Crippen LogP contribution in [0, 0.1) is 0 Å². The van der Waals surface area contributed by atoms with Crippen molar-refractivity contribution < 1.29 is 13.2 Å². The van der Waals surface area contributed by atoms with Crippen LogP contribution in [0.2, 0.25) is 0 Å². The molecule has 1 spiro atoms. The van der Waals surface area contributed by atoms with Crippen LogP contribution in [-0.2, 0) is 14.8 Å². The first-order valence-corrected chi connectivity index (χ1v) is 9.87. The zero-order valence-corrected chi connectivity index (χ0v) is 14.2. The van der Waals surface area contributed by atoms with Gasteiger partial charge >= 0.3 is 0 Å². The highest BCUT2D eigenvalue weighted by atomic mass is 32.2. The van der Waals surface area contributed by atoms with Crippen LogP contribution in [0.25, 0.3) is 0 Å². The van der Waals surface area contributed by atoms with Crippen molar-refractivity contribution >= 4 is 21.6 Å². The Bertz CT molecular complexity index is 752. The predicted molar refractivity (Wildman–Crippen MR) is 90.0 cm³/mol. The van der Waals surface area contributed by atoms with Crippen LogP contribution in [0.15, 0.2) is 29.2 Å². The van der Waals surface area contributed by atoms with E-state index >= 15 is 0 Å². The van der Waals surface area contributed by atoms with Crippen molar-refractivity contribution in [1.29, 1.82) is 0 Å². The molecule has 1 aliphatic carbocycles. The topological polar surface area (TPSA) is 90.5 Å². The highest BCUT2D eigenvalue weighted by molar-refractivity contribution is 7.89. The summed E-state index contributed by atoms with van der Waals surface area (Å²) in [7, 11) is -3.51. The van der Waals surface area contributed by atoms with Crippen LogP contribution < -0.4 is 15.4 Å². The molecular formula is C16H22N4O3S. The first-order valence-electron chi connectivity index (χ1n) is 8.39. The molecule has 24 heavy (non-hydrogen) atoms. The average molecular weight is 350 g/mol. The number of piperidine rings is 1. The van der Waals surface area contributed by atoms with Crippen LogP contribution in [0.4, 0.5) is 5.69 Å². The van der Waals surface area contributed by atoms with Crippen molar-refractivity contribution in [2.75, 3.05) is 25.0 Å². The van der Waals surface area contributed by atoms with Gasteiger partial charge in [-0.25, -0.2) is 8.42 Å². The maximum Gasteiger partial charge on any atom is 0.244 e. The van der Waals surface area contributed by atoms with Gasteiger partial charge in [0.2, 0.25) is 15.9 Å². The molecule has 0 aromatic heterocycles. The van der Waals surface area contributed by atoms with Crippen molar-refractivity contribution in [1.82, 2.24) is 14.9 Å². The van der Waals surface area contributed by atoms with Gasteiger partial charge in [0.25, 0.3) is 0 Å². The lowest BCUT2D eigenvalue weighted by Gasteiger charge is -2.45. The van der Waals surface area contributed by atoms with Crippen LogP contribution in [-0.4, -0.2) is 50.6 Å². The number of amides is 1.